The van der Waals surface area contributed by atoms with Gasteiger partial charge >= 0.3 is 5.97 Å². The largest absolute Gasteiger partial charge is 0.497 e. The second-order valence-electron chi connectivity index (χ2n) is 5.49. The molecule has 1 saturated heterocycles. The Balaban J connectivity index is 2.18. The standard InChI is InChI=1S/C14H18N2O6S/c1-22-12-5-10(4-11(6-12)14(18)19)13(17)16-3-2-9(7-16)8-23(15,20)21/h4-6,9H,2-3,7-8H2,1H3,(H,18,19)(H2,15,20,21). The summed E-state index contributed by atoms with van der Waals surface area (Å²) in [6, 6.07) is 4.06. The van der Waals surface area contributed by atoms with Gasteiger partial charge in [-0.15, -0.1) is 0 Å². The van der Waals surface area contributed by atoms with Crippen molar-refractivity contribution >= 4 is 21.9 Å². The van der Waals surface area contributed by atoms with Gasteiger partial charge in [-0.2, -0.15) is 0 Å². The molecule has 3 N–H and O–H groups in total. The van der Waals surface area contributed by atoms with Crippen LogP contribution in [0.4, 0.5) is 0 Å². The average Bonchev–Trinajstić information content (AvgIpc) is 2.92. The number of sulfonamides is 1. The van der Waals surface area contributed by atoms with Crippen molar-refractivity contribution in [3.8, 4) is 5.75 Å². The highest BCUT2D eigenvalue weighted by Gasteiger charge is 2.29. The lowest BCUT2D eigenvalue weighted by Crippen LogP contribution is -2.31. The van der Waals surface area contributed by atoms with Crippen LogP contribution in [0.3, 0.4) is 0 Å². The van der Waals surface area contributed by atoms with Crippen LogP contribution in [-0.2, 0) is 10.0 Å². The molecule has 0 saturated carbocycles. The number of carboxylic acids is 1. The number of rotatable bonds is 5. The summed E-state index contributed by atoms with van der Waals surface area (Å²) >= 11 is 0. The van der Waals surface area contributed by atoms with E-state index < -0.39 is 16.0 Å². The molecule has 1 fully saturated rings. The lowest BCUT2D eigenvalue weighted by Gasteiger charge is -2.17. The molecule has 0 bridgehead atoms. The van der Waals surface area contributed by atoms with Crippen LogP contribution in [0, 0.1) is 5.92 Å². The molecule has 23 heavy (non-hydrogen) atoms. The normalized spacial score (nSPS) is 18.0. The topological polar surface area (TPSA) is 127 Å². The molecule has 8 nitrogen and oxygen atoms in total. The van der Waals surface area contributed by atoms with E-state index in [1.54, 1.807) is 0 Å². The molecule has 1 atom stereocenters. The summed E-state index contributed by atoms with van der Waals surface area (Å²) in [5, 5.41) is 14.1. The number of primary sulfonamides is 1. The van der Waals surface area contributed by atoms with E-state index in [9.17, 15) is 18.0 Å². The van der Waals surface area contributed by atoms with Gasteiger partial charge in [-0.25, -0.2) is 18.4 Å². The number of likely N-dealkylation sites (tertiary alicyclic amines) is 1. The molecule has 1 aromatic carbocycles. The van der Waals surface area contributed by atoms with Gasteiger partial charge in [-0.05, 0) is 30.5 Å². The fourth-order valence-corrected chi connectivity index (χ4v) is 3.56. The van der Waals surface area contributed by atoms with E-state index in [-0.39, 0.29) is 41.0 Å². The van der Waals surface area contributed by atoms with Crippen molar-refractivity contribution < 1.29 is 27.9 Å². The number of aromatic carboxylic acids is 1. The number of amides is 1. The number of hydrogen-bond acceptors (Lipinski definition) is 5. The van der Waals surface area contributed by atoms with E-state index in [1.807, 2.05) is 0 Å². The predicted octanol–water partition coefficient (Wildman–Crippen LogP) is 0.144. The number of nitrogens with two attached hydrogens (primary N) is 1. The number of methoxy groups -OCH3 is 1. The number of ether oxygens (including phenoxy) is 1. The maximum atomic E-state index is 12.5. The third-order valence-electron chi connectivity index (χ3n) is 3.68. The first-order valence-electron chi connectivity index (χ1n) is 6.91. The van der Waals surface area contributed by atoms with Gasteiger partial charge in [0.1, 0.15) is 5.75 Å². The Labute approximate surface area is 133 Å². The highest BCUT2D eigenvalue weighted by atomic mass is 32.2. The van der Waals surface area contributed by atoms with E-state index in [0.29, 0.717) is 13.0 Å². The summed E-state index contributed by atoms with van der Waals surface area (Å²) in [6.07, 6.45) is 0.540. The molecule has 0 aromatic heterocycles. The van der Waals surface area contributed by atoms with Crippen molar-refractivity contribution in [2.75, 3.05) is 26.0 Å². The Morgan fingerprint density at radius 3 is 2.57 bits per heavy atom. The van der Waals surface area contributed by atoms with Gasteiger partial charge in [-0.1, -0.05) is 0 Å². The molecule has 2 rings (SSSR count). The number of nitrogens with zero attached hydrogens (tertiary/aromatic N) is 1. The minimum Gasteiger partial charge on any atom is -0.497 e. The van der Waals surface area contributed by atoms with Crippen molar-refractivity contribution in [1.82, 2.24) is 4.90 Å². The monoisotopic (exact) mass is 342 g/mol. The fraction of sp³-hybridized carbons (Fsp3) is 0.429. The minimum absolute atomic E-state index is 0.0482. The zero-order valence-electron chi connectivity index (χ0n) is 12.6. The Kier molecular flexibility index (Phi) is 4.90. The van der Waals surface area contributed by atoms with Gasteiger partial charge in [0.05, 0.1) is 18.4 Å². The molecular formula is C14H18N2O6S. The highest BCUT2D eigenvalue weighted by molar-refractivity contribution is 7.89. The van der Waals surface area contributed by atoms with Crippen LogP contribution in [0.1, 0.15) is 27.1 Å². The zero-order valence-corrected chi connectivity index (χ0v) is 13.4. The van der Waals surface area contributed by atoms with Gasteiger partial charge in [0.15, 0.2) is 0 Å². The van der Waals surface area contributed by atoms with Crippen molar-refractivity contribution in [2.45, 2.75) is 6.42 Å². The van der Waals surface area contributed by atoms with Gasteiger partial charge in [-0.3, -0.25) is 4.79 Å². The maximum absolute atomic E-state index is 12.5. The van der Waals surface area contributed by atoms with Gasteiger partial charge in [0, 0.05) is 18.7 Å². The number of carbonyl (C=O) groups excluding carboxylic acids is 1. The van der Waals surface area contributed by atoms with Crippen LogP contribution in [0.5, 0.6) is 5.75 Å². The molecule has 1 amide bonds. The number of carboxylic acid groups (broad SMARTS) is 1. The Bertz CT molecular complexity index is 731. The van der Waals surface area contributed by atoms with E-state index in [4.69, 9.17) is 15.0 Å². The summed E-state index contributed by atoms with van der Waals surface area (Å²) in [5.74, 6) is -1.63. The number of benzene rings is 1. The summed E-state index contributed by atoms with van der Waals surface area (Å²) < 4.78 is 27.3. The third-order valence-corrected chi connectivity index (χ3v) is 4.61. The molecule has 1 unspecified atom stereocenters. The number of carbonyl (C=O) groups is 2. The first-order chi connectivity index (χ1) is 10.7. The van der Waals surface area contributed by atoms with Crippen molar-refractivity contribution in [1.29, 1.82) is 0 Å². The SMILES string of the molecule is COc1cc(C(=O)O)cc(C(=O)N2CCC(CS(N)(=O)=O)C2)c1. The molecule has 1 aliphatic rings. The maximum Gasteiger partial charge on any atom is 0.335 e. The first-order valence-corrected chi connectivity index (χ1v) is 8.63. The molecule has 0 spiro atoms. The molecular weight excluding hydrogens is 324 g/mol. The van der Waals surface area contributed by atoms with Crippen LogP contribution in [0.15, 0.2) is 18.2 Å². The third kappa shape index (κ3) is 4.42. The molecule has 0 radical (unpaired) electrons. The van der Waals surface area contributed by atoms with E-state index in [1.165, 1.54) is 30.2 Å². The first kappa shape index (κ1) is 17.2. The average molecular weight is 342 g/mol. The van der Waals surface area contributed by atoms with E-state index in [2.05, 4.69) is 0 Å². The highest BCUT2D eigenvalue weighted by Crippen LogP contribution is 2.23. The lowest BCUT2D eigenvalue weighted by molar-refractivity contribution is 0.0696. The molecule has 126 valence electrons. The lowest BCUT2D eigenvalue weighted by atomic mass is 10.1. The molecule has 1 aromatic rings. The van der Waals surface area contributed by atoms with Crippen LogP contribution >= 0.6 is 0 Å². The minimum atomic E-state index is -3.59. The van der Waals surface area contributed by atoms with Crippen LogP contribution in [0.2, 0.25) is 0 Å². The van der Waals surface area contributed by atoms with Crippen molar-refractivity contribution in [2.24, 2.45) is 11.1 Å². The van der Waals surface area contributed by atoms with Crippen molar-refractivity contribution in [3.05, 3.63) is 29.3 Å². The van der Waals surface area contributed by atoms with E-state index in [0.717, 1.165) is 0 Å². The second kappa shape index (κ2) is 6.55. The fourth-order valence-electron chi connectivity index (χ4n) is 2.63. The van der Waals surface area contributed by atoms with Gasteiger partial charge in [0.2, 0.25) is 10.0 Å². The summed E-state index contributed by atoms with van der Waals surface area (Å²) in [4.78, 5) is 25.1. The molecule has 1 aliphatic heterocycles. The second-order valence-corrected chi connectivity index (χ2v) is 7.15. The zero-order chi connectivity index (χ0) is 17.2. The van der Waals surface area contributed by atoms with Gasteiger partial charge in [0.25, 0.3) is 5.91 Å². The van der Waals surface area contributed by atoms with Crippen molar-refractivity contribution in [3.63, 3.8) is 0 Å². The predicted molar refractivity (Wildman–Crippen MR) is 81.9 cm³/mol. The molecule has 1 heterocycles. The van der Waals surface area contributed by atoms with Gasteiger partial charge < -0.3 is 14.7 Å². The van der Waals surface area contributed by atoms with Crippen LogP contribution in [-0.4, -0.2) is 56.3 Å². The van der Waals surface area contributed by atoms with E-state index >= 15 is 0 Å². The smallest absolute Gasteiger partial charge is 0.335 e. The summed E-state index contributed by atoms with van der Waals surface area (Å²) in [7, 11) is -2.20. The summed E-state index contributed by atoms with van der Waals surface area (Å²) in [6.45, 7) is 0.674. The Morgan fingerprint density at radius 2 is 2.00 bits per heavy atom. The Morgan fingerprint density at radius 1 is 1.35 bits per heavy atom. The Hall–Kier alpha value is -2.13. The quantitative estimate of drug-likeness (QED) is 0.784. The molecule has 9 heteroatoms. The van der Waals surface area contributed by atoms with Crippen LogP contribution < -0.4 is 9.88 Å². The van der Waals surface area contributed by atoms with Crippen LogP contribution in [0.25, 0.3) is 0 Å². The summed E-state index contributed by atoms with van der Waals surface area (Å²) in [5.41, 5.74) is 0.144. The molecule has 0 aliphatic carbocycles. The number of hydrogen-bond donors (Lipinski definition) is 2.